The van der Waals surface area contributed by atoms with E-state index < -0.39 is 0 Å². The van der Waals surface area contributed by atoms with Gasteiger partial charge in [0.25, 0.3) is 0 Å². The maximum Gasteiger partial charge on any atom is 0.119 e. The van der Waals surface area contributed by atoms with Gasteiger partial charge in [0.2, 0.25) is 0 Å². The summed E-state index contributed by atoms with van der Waals surface area (Å²) in [4.78, 5) is 0. The van der Waals surface area contributed by atoms with Crippen molar-refractivity contribution in [3.8, 4) is 22.6 Å². The zero-order chi connectivity index (χ0) is 19.8. The molecule has 3 atom stereocenters. The van der Waals surface area contributed by atoms with Gasteiger partial charge in [-0.05, 0) is 71.3 Å². The van der Waals surface area contributed by atoms with Crippen molar-refractivity contribution in [3.63, 3.8) is 0 Å². The van der Waals surface area contributed by atoms with E-state index in [4.69, 9.17) is 9.47 Å². The lowest BCUT2D eigenvalue weighted by Gasteiger charge is -2.15. The summed E-state index contributed by atoms with van der Waals surface area (Å²) in [6.07, 6.45) is 3.55. The molecule has 0 aliphatic heterocycles. The van der Waals surface area contributed by atoms with Gasteiger partial charge in [0.15, 0.2) is 0 Å². The molecule has 3 aromatic rings. The standard InChI is InChI=1S/C26H27NO2/c1-28-21-5-3-4-20(14-21)17-6-8-18(9-7-17)24-16-26(24)27-25-13-11-19-10-12-22(29-2)15-23(19)25/h3-10,12,14-15,24-27H,11,13,16H2,1-2H3. The molecule has 1 saturated carbocycles. The summed E-state index contributed by atoms with van der Waals surface area (Å²) in [5, 5.41) is 3.90. The van der Waals surface area contributed by atoms with E-state index in [2.05, 4.69) is 59.9 Å². The van der Waals surface area contributed by atoms with Crippen molar-refractivity contribution in [2.75, 3.05) is 14.2 Å². The third-order valence-electron chi connectivity index (χ3n) is 6.38. The van der Waals surface area contributed by atoms with E-state index in [9.17, 15) is 0 Å². The molecular weight excluding hydrogens is 358 g/mol. The van der Waals surface area contributed by atoms with E-state index in [1.54, 1.807) is 14.2 Å². The van der Waals surface area contributed by atoms with Crippen LogP contribution in [-0.4, -0.2) is 20.3 Å². The minimum absolute atomic E-state index is 0.450. The second-order valence-electron chi connectivity index (χ2n) is 8.13. The smallest absolute Gasteiger partial charge is 0.119 e. The van der Waals surface area contributed by atoms with Gasteiger partial charge in [0.1, 0.15) is 11.5 Å². The first-order valence-electron chi connectivity index (χ1n) is 10.4. The van der Waals surface area contributed by atoms with Crippen molar-refractivity contribution in [3.05, 3.63) is 83.4 Å². The summed E-state index contributed by atoms with van der Waals surface area (Å²) in [7, 11) is 3.45. The van der Waals surface area contributed by atoms with Crippen molar-refractivity contribution in [2.24, 2.45) is 0 Å². The molecule has 0 spiro atoms. The average molecular weight is 386 g/mol. The Kier molecular flexibility index (Phi) is 4.76. The summed E-state index contributed by atoms with van der Waals surface area (Å²) in [5.41, 5.74) is 6.73. The highest BCUT2D eigenvalue weighted by molar-refractivity contribution is 5.65. The molecule has 0 amide bonds. The fourth-order valence-corrected chi connectivity index (χ4v) is 4.61. The fourth-order valence-electron chi connectivity index (χ4n) is 4.61. The maximum atomic E-state index is 5.43. The SMILES string of the molecule is COc1cccc(-c2ccc(C3CC3NC3CCc4ccc(OC)cc43)cc2)c1. The quantitative estimate of drug-likeness (QED) is 0.607. The van der Waals surface area contributed by atoms with Crippen molar-refractivity contribution in [1.29, 1.82) is 0 Å². The number of fused-ring (bicyclic) bond motifs is 1. The number of ether oxygens (including phenoxy) is 2. The van der Waals surface area contributed by atoms with Crippen LogP contribution in [0.1, 0.15) is 41.5 Å². The normalized spacial score (nSPS) is 22.2. The number of hydrogen-bond acceptors (Lipinski definition) is 3. The zero-order valence-electron chi connectivity index (χ0n) is 17.0. The minimum atomic E-state index is 0.450. The molecule has 5 rings (SSSR count). The highest BCUT2D eigenvalue weighted by Gasteiger charge is 2.40. The predicted molar refractivity (Wildman–Crippen MR) is 117 cm³/mol. The first-order valence-corrected chi connectivity index (χ1v) is 10.4. The predicted octanol–water partition coefficient (Wildman–Crippen LogP) is 5.50. The van der Waals surface area contributed by atoms with E-state index in [1.165, 1.54) is 40.7 Å². The van der Waals surface area contributed by atoms with Crippen LogP contribution in [0.2, 0.25) is 0 Å². The first kappa shape index (κ1) is 18.3. The first-order chi connectivity index (χ1) is 14.2. The van der Waals surface area contributed by atoms with Crippen LogP contribution in [0.25, 0.3) is 11.1 Å². The Balaban J connectivity index is 1.26. The summed E-state index contributed by atoms with van der Waals surface area (Å²) in [6, 6.07) is 24.8. The van der Waals surface area contributed by atoms with E-state index in [1.807, 2.05) is 12.1 Å². The molecule has 1 N–H and O–H groups in total. The Morgan fingerprint density at radius 3 is 2.41 bits per heavy atom. The van der Waals surface area contributed by atoms with Gasteiger partial charge in [-0.15, -0.1) is 0 Å². The van der Waals surface area contributed by atoms with Crippen LogP contribution in [0.3, 0.4) is 0 Å². The van der Waals surface area contributed by atoms with Crippen LogP contribution >= 0.6 is 0 Å². The third-order valence-corrected chi connectivity index (χ3v) is 6.38. The van der Waals surface area contributed by atoms with Crippen LogP contribution < -0.4 is 14.8 Å². The van der Waals surface area contributed by atoms with Crippen LogP contribution in [-0.2, 0) is 6.42 Å². The van der Waals surface area contributed by atoms with Crippen molar-refractivity contribution < 1.29 is 9.47 Å². The molecule has 0 saturated heterocycles. The van der Waals surface area contributed by atoms with Crippen LogP contribution in [0.15, 0.2) is 66.7 Å². The number of hydrogen-bond donors (Lipinski definition) is 1. The number of rotatable bonds is 6. The Morgan fingerprint density at radius 1 is 0.828 bits per heavy atom. The summed E-state index contributed by atoms with van der Waals surface area (Å²) < 4.78 is 10.8. The Morgan fingerprint density at radius 2 is 1.62 bits per heavy atom. The van der Waals surface area contributed by atoms with Crippen molar-refractivity contribution >= 4 is 0 Å². The Bertz CT molecular complexity index is 1010. The molecule has 0 bridgehead atoms. The molecule has 3 nitrogen and oxygen atoms in total. The van der Waals surface area contributed by atoms with Gasteiger partial charge < -0.3 is 14.8 Å². The van der Waals surface area contributed by atoms with Gasteiger partial charge in [-0.25, -0.2) is 0 Å². The topological polar surface area (TPSA) is 30.5 Å². The molecule has 2 aliphatic carbocycles. The molecule has 2 aliphatic rings. The van der Waals surface area contributed by atoms with Gasteiger partial charge in [-0.3, -0.25) is 0 Å². The Labute approximate surface area is 172 Å². The highest BCUT2D eigenvalue weighted by atomic mass is 16.5. The fraction of sp³-hybridized carbons (Fsp3) is 0.308. The van der Waals surface area contributed by atoms with Gasteiger partial charge in [0.05, 0.1) is 14.2 Å². The summed E-state index contributed by atoms with van der Waals surface area (Å²) in [5.74, 6) is 2.47. The van der Waals surface area contributed by atoms with Gasteiger partial charge in [-0.2, -0.15) is 0 Å². The summed E-state index contributed by atoms with van der Waals surface area (Å²) in [6.45, 7) is 0. The lowest BCUT2D eigenvalue weighted by molar-refractivity contribution is 0.413. The number of aryl methyl sites for hydroxylation is 1. The third kappa shape index (κ3) is 3.63. The second kappa shape index (κ2) is 7.57. The van der Waals surface area contributed by atoms with Crippen molar-refractivity contribution in [1.82, 2.24) is 5.32 Å². The van der Waals surface area contributed by atoms with Crippen LogP contribution in [0, 0.1) is 0 Å². The maximum absolute atomic E-state index is 5.43. The number of benzene rings is 3. The number of nitrogens with one attached hydrogen (secondary N) is 1. The molecular formula is C26H27NO2. The molecule has 0 radical (unpaired) electrons. The molecule has 0 heterocycles. The van der Waals surface area contributed by atoms with Crippen LogP contribution in [0.5, 0.6) is 11.5 Å². The molecule has 0 aromatic heterocycles. The molecule has 1 fully saturated rings. The summed E-state index contributed by atoms with van der Waals surface area (Å²) >= 11 is 0. The van der Waals surface area contributed by atoms with Gasteiger partial charge in [-0.1, -0.05) is 42.5 Å². The van der Waals surface area contributed by atoms with Gasteiger partial charge in [0, 0.05) is 18.0 Å². The van der Waals surface area contributed by atoms with Crippen LogP contribution in [0.4, 0.5) is 0 Å². The molecule has 3 aromatic carbocycles. The van der Waals surface area contributed by atoms with Crippen molar-refractivity contribution in [2.45, 2.75) is 37.3 Å². The highest BCUT2D eigenvalue weighted by Crippen LogP contribution is 2.44. The van der Waals surface area contributed by atoms with E-state index in [0.717, 1.165) is 17.9 Å². The monoisotopic (exact) mass is 385 g/mol. The number of methoxy groups -OCH3 is 2. The average Bonchev–Trinajstić information content (AvgIpc) is 3.44. The van der Waals surface area contributed by atoms with E-state index >= 15 is 0 Å². The Hall–Kier alpha value is -2.78. The zero-order valence-corrected chi connectivity index (χ0v) is 17.0. The lowest BCUT2D eigenvalue weighted by Crippen LogP contribution is -2.22. The van der Waals surface area contributed by atoms with E-state index in [0.29, 0.717) is 18.0 Å². The molecule has 3 heteroatoms. The molecule has 3 unspecified atom stereocenters. The van der Waals surface area contributed by atoms with Gasteiger partial charge >= 0.3 is 0 Å². The largest absolute Gasteiger partial charge is 0.497 e. The van der Waals surface area contributed by atoms with E-state index in [-0.39, 0.29) is 0 Å². The lowest BCUT2D eigenvalue weighted by atomic mass is 10.0. The molecule has 148 valence electrons. The second-order valence-corrected chi connectivity index (χ2v) is 8.13. The minimum Gasteiger partial charge on any atom is -0.497 e. The molecule has 29 heavy (non-hydrogen) atoms.